The number of hydrogen-bond donors (Lipinski definition) is 1. The molecule has 1 atom stereocenters. The van der Waals surface area contributed by atoms with E-state index in [1.807, 2.05) is 28.8 Å². The van der Waals surface area contributed by atoms with E-state index in [9.17, 15) is 0 Å². The van der Waals surface area contributed by atoms with Crippen LogP contribution < -0.4 is 4.74 Å². The highest BCUT2D eigenvalue weighted by Gasteiger charge is 2.15. The highest BCUT2D eigenvalue weighted by atomic mass is 79.9. The molecule has 0 fully saturated rings. The first kappa shape index (κ1) is 14.3. The van der Waals surface area contributed by atoms with Gasteiger partial charge in [0, 0.05) is 10.5 Å². The van der Waals surface area contributed by atoms with Gasteiger partial charge in [-0.3, -0.25) is 4.57 Å². The molecule has 0 aliphatic carbocycles. The number of ether oxygens (including phenoxy) is 1. The lowest BCUT2D eigenvalue weighted by Gasteiger charge is -2.15. The number of rotatable bonds is 3. The van der Waals surface area contributed by atoms with Gasteiger partial charge < -0.3 is 9.72 Å². The molecule has 1 aromatic carbocycles. The summed E-state index contributed by atoms with van der Waals surface area (Å²) < 4.78 is 8.92. The number of pyridine rings is 1. The molecule has 1 unspecified atom stereocenters. The van der Waals surface area contributed by atoms with Crippen molar-refractivity contribution in [2.45, 2.75) is 13.0 Å². The molecular weight excluding hydrogens is 350 g/mol. The van der Waals surface area contributed by atoms with Crippen LogP contribution in [0.5, 0.6) is 5.88 Å². The van der Waals surface area contributed by atoms with Crippen LogP contribution in [0.25, 0.3) is 11.2 Å². The Balaban J connectivity index is 2.19. The zero-order valence-corrected chi connectivity index (χ0v) is 14.0. The van der Waals surface area contributed by atoms with Crippen molar-refractivity contribution in [1.29, 1.82) is 0 Å². The van der Waals surface area contributed by atoms with Gasteiger partial charge in [-0.25, -0.2) is 0 Å². The second-order valence-corrected chi connectivity index (χ2v) is 6.06. The molecular formula is C15H14BrN3OS. The summed E-state index contributed by atoms with van der Waals surface area (Å²) in [7, 11) is 1.61. The normalized spacial score (nSPS) is 12.5. The number of methoxy groups -OCH3 is 1. The molecule has 0 saturated carbocycles. The molecule has 2 heterocycles. The van der Waals surface area contributed by atoms with Crippen molar-refractivity contribution >= 4 is 39.3 Å². The van der Waals surface area contributed by atoms with Gasteiger partial charge in [0.05, 0.1) is 18.7 Å². The van der Waals surface area contributed by atoms with E-state index < -0.39 is 0 Å². The quantitative estimate of drug-likeness (QED) is 0.697. The third-order valence-electron chi connectivity index (χ3n) is 3.47. The number of nitrogens with zero attached hydrogens (tertiary/aromatic N) is 2. The lowest BCUT2D eigenvalue weighted by Crippen LogP contribution is -2.07. The fourth-order valence-corrected chi connectivity index (χ4v) is 3.14. The Morgan fingerprint density at radius 2 is 2.14 bits per heavy atom. The Kier molecular flexibility index (Phi) is 3.82. The molecule has 4 nitrogen and oxygen atoms in total. The first-order valence-corrected chi connectivity index (χ1v) is 7.71. The average molecular weight is 364 g/mol. The fraction of sp³-hybridized carbons (Fsp3) is 0.200. The van der Waals surface area contributed by atoms with Gasteiger partial charge in [-0.2, -0.15) is 4.98 Å². The highest BCUT2D eigenvalue weighted by Crippen LogP contribution is 2.26. The standard InChI is InChI=1S/C15H14BrN3OS/c1-9(10-4-3-5-11(16)8-10)19-14-12(17-15(19)21)6-7-13(18-14)20-2/h3-9H,1-2H3,(H,17,21). The molecule has 0 amide bonds. The smallest absolute Gasteiger partial charge is 0.215 e. The van der Waals surface area contributed by atoms with Gasteiger partial charge in [0.2, 0.25) is 5.88 Å². The maximum absolute atomic E-state index is 5.46. The zero-order valence-electron chi connectivity index (χ0n) is 11.6. The van der Waals surface area contributed by atoms with Crippen LogP contribution in [-0.4, -0.2) is 21.6 Å². The summed E-state index contributed by atoms with van der Waals surface area (Å²) in [5, 5.41) is 0. The summed E-state index contributed by atoms with van der Waals surface area (Å²) in [6, 6.07) is 12.0. The van der Waals surface area contributed by atoms with Gasteiger partial charge in [-0.15, -0.1) is 0 Å². The molecule has 6 heteroatoms. The SMILES string of the molecule is COc1ccc2[nH]c(=S)n(C(C)c3cccc(Br)c3)c2n1. The molecule has 108 valence electrons. The fourth-order valence-electron chi connectivity index (χ4n) is 2.37. The van der Waals surface area contributed by atoms with E-state index >= 15 is 0 Å². The Morgan fingerprint density at radius 3 is 2.86 bits per heavy atom. The summed E-state index contributed by atoms with van der Waals surface area (Å²) in [4.78, 5) is 7.71. The predicted molar refractivity (Wildman–Crippen MR) is 89.4 cm³/mol. The minimum Gasteiger partial charge on any atom is -0.481 e. The zero-order chi connectivity index (χ0) is 15.0. The van der Waals surface area contributed by atoms with Crippen LogP contribution >= 0.6 is 28.1 Å². The Morgan fingerprint density at radius 1 is 1.33 bits per heavy atom. The van der Waals surface area contributed by atoms with E-state index in [0.717, 1.165) is 21.2 Å². The molecule has 21 heavy (non-hydrogen) atoms. The van der Waals surface area contributed by atoms with E-state index in [2.05, 4.69) is 45.0 Å². The van der Waals surface area contributed by atoms with Gasteiger partial charge in [-0.05, 0) is 42.9 Å². The van der Waals surface area contributed by atoms with Crippen LogP contribution in [0.4, 0.5) is 0 Å². The number of benzene rings is 1. The predicted octanol–water partition coefficient (Wildman–Crippen LogP) is 4.47. The van der Waals surface area contributed by atoms with Crippen molar-refractivity contribution in [2.75, 3.05) is 7.11 Å². The summed E-state index contributed by atoms with van der Waals surface area (Å²) in [6.45, 7) is 2.10. The number of fused-ring (bicyclic) bond motifs is 1. The number of hydrogen-bond acceptors (Lipinski definition) is 3. The van der Waals surface area contributed by atoms with Gasteiger partial charge in [0.1, 0.15) is 0 Å². The van der Waals surface area contributed by atoms with Crippen molar-refractivity contribution in [3.05, 3.63) is 51.2 Å². The largest absolute Gasteiger partial charge is 0.481 e. The number of imidazole rings is 1. The Labute approximate surface area is 135 Å². The van der Waals surface area contributed by atoms with E-state index in [4.69, 9.17) is 17.0 Å². The van der Waals surface area contributed by atoms with Gasteiger partial charge >= 0.3 is 0 Å². The van der Waals surface area contributed by atoms with Crippen molar-refractivity contribution in [3.63, 3.8) is 0 Å². The summed E-state index contributed by atoms with van der Waals surface area (Å²) >= 11 is 8.96. The third-order valence-corrected chi connectivity index (χ3v) is 4.26. The van der Waals surface area contributed by atoms with Gasteiger partial charge in [0.25, 0.3) is 0 Å². The van der Waals surface area contributed by atoms with Crippen molar-refractivity contribution in [1.82, 2.24) is 14.5 Å². The monoisotopic (exact) mass is 363 g/mol. The molecule has 0 spiro atoms. The van der Waals surface area contributed by atoms with Gasteiger partial charge in [-0.1, -0.05) is 28.1 Å². The molecule has 0 saturated heterocycles. The van der Waals surface area contributed by atoms with E-state index in [1.165, 1.54) is 0 Å². The van der Waals surface area contributed by atoms with Crippen molar-refractivity contribution < 1.29 is 4.74 Å². The van der Waals surface area contributed by atoms with Crippen molar-refractivity contribution in [2.24, 2.45) is 0 Å². The van der Waals surface area contributed by atoms with E-state index in [0.29, 0.717) is 10.7 Å². The molecule has 3 aromatic rings. The first-order chi connectivity index (χ1) is 10.1. The number of nitrogens with one attached hydrogen (secondary N) is 1. The molecule has 2 aromatic heterocycles. The number of aromatic nitrogens is 3. The molecule has 0 aliphatic rings. The second-order valence-electron chi connectivity index (χ2n) is 4.76. The van der Waals surface area contributed by atoms with E-state index in [1.54, 1.807) is 7.11 Å². The topological polar surface area (TPSA) is 42.8 Å². The van der Waals surface area contributed by atoms with Crippen LogP contribution in [0.1, 0.15) is 18.5 Å². The number of aromatic amines is 1. The first-order valence-electron chi connectivity index (χ1n) is 6.51. The Bertz CT molecular complexity index is 855. The minimum atomic E-state index is 0.0726. The van der Waals surface area contributed by atoms with Crippen LogP contribution in [-0.2, 0) is 0 Å². The molecule has 1 N–H and O–H groups in total. The van der Waals surface area contributed by atoms with Crippen LogP contribution in [0, 0.1) is 4.77 Å². The average Bonchev–Trinajstić information content (AvgIpc) is 2.81. The summed E-state index contributed by atoms with van der Waals surface area (Å²) in [5.41, 5.74) is 2.86. The maximum Gasteiger partial charge on any atom is 0.215 e. The molecule has 0 bridgehead atoms. The number of H-pyrrole nitrogens is 1. The maximum atomic E-state index is 5.46. The van der Waals surface area contributed by atoms with Crippen LogP contribution in [0.3, 0.4) is 0 Å². The van der Waals surface area contributed by atoms with Gasteiger partial charge in [0.15, 0.2) is 10.4 Å². The lowest BCUT2D eigenvalue weighted by atomic mass is 10.1. The third kappa shape index (κ3) is 2.61. The Hall–Kier alpha value is -1.66. The van der Waals surface area contributed by atoms with Crippen LogP contribution in [0.15, 0.2) is 40.9 Å². The van der Waals surface area contributed by atoms with E-state index in [-0.39, 0.29) is 6.04 Å². The number of halogens is 1. The van der Waals surface area contributed by atoms with Crippen molar-refractivity contribution in [3.8, 4) is 5.88 Å². The second kappa shape index (κ2) is 5.61. The minimum absolute atomic E-state index is 0.0726. The highest BCUT2D eigenvalue weighted by molar-refractivity contribution is 9.10. The molecule has 3 rings (SSSR count). The summed E-state index contributed by atoms with van der Waals surface area (Å²) in [6.07, 6.45) is 0. The molecule has 0 radical (unpaired) electrons. The lowest BCUT2D eigenvalue weighted by molar-refractivity contribution is 0.398. The summed E-state index contributed by atoms with van der Waals surface area (Å²) in [5.74, 6) is 0.576. The van der Waals surface area contributed by atoms with Crippen LogP contribution in [0.2, 0.25) is 0 Å². The molecule has 0 aliphatic heterocycles.